The van der Waals surface area contributed by atoms with Gasteiger partial charge in [-0.3, -0.25) is 0 Å². The van der Waals surface area contributed by atoms with Gasteiger partial charge >= 0.3 is 0 Å². The quantitative estimate of drug-likeness (QED) is 0.933. The summed E-state index contributed by atoms with van der Waals surface area (Å²) in [7, 11) is 3.22. The molecule has 6 heteroatoms. The summed E-state index contributed by atoms with van der Waals surface area (Å²) < 4.78 is 10.4. The Balaban J connectivity index is 0.00000144. The molecule has 0 saturated carbocycles. The molecule has 17 heavy (non-hydrogen) atoms. The lowest BCUT2D eigenvalue weighted by Crippen LogP contribution is -1.91. The van der Waals surface area contributed by atoms with Crippen LogP contribution in [0.4, 0.5) is 5.13 Å². The average Bonchev–Trinajstić information content (AvgIpc) is 2.75. The van der Waals surface area contributed by atoms with Gasteiger partial charge in [-0.2, -0.15) is 0 Å². The van der Waals surface area contributed by atoms with Crippen molar-refractivity contribution < 1.29 is 9.47 Å². The number of nitrogens with two attached hydrogens (primary N) is 1. The lowest BCUT2D eigenvalue weighted by molar-refractivity contribution is 0.355. The highest BCUT2D eigenvalue weighted by Crippen LogP contribution is 2.32. The molecule has 0 amide bonds. The van der Waals surface area contributed by atoms with Gasteiger partial charge in [0.2, 0.25) is 0 Å². The first-order valence-electron chi connectivity index (χ1n) is 4.68. The fourth-order valence-electron chi connectivity index (χ4n) is 1.42. The van der Waals surface area contributed by atoms with Crippen LogP contribution in [0, 0.1) is 0 Å². The maximum absolute atomic E-state index is 5.59. The van der Waals surface area contributed by atoms with Gasteiger partial charge in [0.1, 0.15) is 0 Å². The monoisotopic (exact) mass is 272 g/mol. The molecule has 0 aliphatic rings. The number of anilines is 1. The summed E-state index contributed by atoms with van der Waals surface area (Å²) in [6, 6.07) is 5.66. The van der Waals surface area contributed by atoms with Crippen molar-refractivity contribution >= 4 is 28.9 Å². The summed E-state index contributed by atoms with van der Waals surface area (Å²) in [5.74, 6) is 1.39. The molecule has 0 unspecified atom stereocenters. The highest BCUT2D eigenvalue weighted by molar-refractivity contribution is 7.13. The number of benzene rings is 1. The van der Waals surface area contributed by atoms with Crippen LogP contribution in [0.2, 0.25) is 0 Å². The first-order valence-corrected chi connectivity index (χ1v) is 5.56. The van der Waals surface area contributed by atoms with E-state index in [-0.39, 0.29) is 12.4 Å². The van der Waals surface area contributed by atoms with E-state index in [0.29, 0.717) is 16.6 Å². The van der Waals surface area contributed by atoms with Crippen molar-refractivity contribution in [2.24, 2.45) is 0 Å². The van der Waals surface area contributed by atoms with E-state index < -0.39 is 0 Å². The minimum Gasteiger partial charge on any atom is -0.493 e. The summed E-state index contributed by atoms with van der Waals surface area (Å²) in [5, 5.41) is 2.47. The van der Waals surface area contributed by atoms with Gasteiger partial charge in [0.05, 0.1) is 19.9 Å². The van der Waals surface area contributed by atoms with Crippen molar-refractivity contribution in [3.63, 3.8) is 0 Å². The highest BCUT2D eigenvalue weighted by Gasteiger charge is 2.08. The highest BCUT2D eigenvalue weighted by atomic mass is 35.5. The molecular formula is C11H13ClN2O2S. The fraction of sp³-hybridized carbons (Fsp3) is 0.182. The molecule has 0 radical (unpaired) electrons. The van der Waals surface area contributed by atoms with Crippen molar-refractivity contribution in [3.05, 3.63) is 23.6 Å². The molecule has 4 nitrogen and oxygen atoms in total. The minimum absolute atomic E-state index is 0. The van der Waals surface area contributed by atoms with Crippen LogP contribution in [-0.4, -0.2) is 19.2 Å². The van der Waals surface area contributed by atoms with Gasteiger partial charge in [-0.1, -0.05) is 0 Å². The number of nitrogen functional groups attached to an aromatic ring is 1. The van der Waals surface area contributed by atoms with E-state index >= 15 is 0 Å². The van der Waals surface area contributed by atoms with Gasteiger partial charge in [0.15, 0.2) is 16.6 Å². The third-order valence-electron chi connectivity index (χ3n) is 2.20. The molecule has 2 aromatic rings. The Labute approximate surface area is 110 Å². The molecule has 2 N–H and O–H groups in total. The van der Waals surface area contributed by atoms with Crippen molar-refractivity contribution in [2.75, 3.05) is 20.0 Å². The molecule has 0 atom stereocenters. The molecule has 0 bridgehead atoms. The number of aromatic nitrogens is 1. The number of hydrogen-bond donors (Lipinski definition) is 1. The standard InChI is InChI=1S/C11H12N2O2S.ClH/c1-14-9-4-3-7(5-10(9)15-2)8-6-16-11(12)13-8;/h3-6H,1-2H3,(H2,12,13);1H. The molecule has 92 valence electrons. The lowest BCUT2D eigenvalue weighted by Gasteiger charge is -2.08. The largest absolute Gasteiger partial charge is 0.493 e. The summed E-state index contributed by atoms with van der Waals surface area (Å²) in [6.07, 6.45) is 0. The van der Waals surface area contributed by atoms with Crippen LogP contribution >= 0.6 is 23.7 Å². The van der Waals surface area contributed by atoms with Crippen molar-refractivity contribution in [1.29, 1.82) is 0 Å². The van der Waals surface area contributed by atoms with Crippen LogP contribution in [0.3, 0.4) is 0 Å². The van der Waals surface area contributed by atoms with E-state index in [0.717, 1.165) is 11.3 Å². The third kappa shape index (κ3) is 2.81. The number of methoxy groups -OCH3 is 2. The number of halogens is 1. The van der Waals surface area contributed by atoms with E-state index in [4.69, 9.17) is 15.2 Å². The number of thiazole rings is 1. The van der Waals surface area contributed by atoms with Crippen molar-refractivity contribution in [2.45, 2.75) is 0 Å². The Hall–Kier alpha value is -1.46. The van der Waals surface area contributed by atoms with Gasteiger partial charge in [0.25, 0.3) is 0 Å². The lowest BCUT2D eigenvalue weighted by atomic mass is 10.1. The van der Waals surface area contributed by atoms with Gasteiger partial charge in [-0.25, -0.2) is 4.98 Å². The zero-order chi connectivity index (χ0) is 11.5. The van der Waals surface area contributed by atoms with Crippen molar-refractivity contribution in [1.82, 2.24) is 4.98 Å². The number of nitrogens with zero attached hydrogens (tertiary/aromatic N) is 1. The summed E-state index contributed by atoms with van der Waals surface area (Å²) in [5.41, 5.74) is 7.41. The predicted molar refractivity (Wildman–Crippen MR) is 72.3 cm³/mol. The van der Waals surface area contributed by atoms with Crippen LogP contribution in [0.1, 0.15) is 0 Å². The van der Waals surface area contributed by atoms with Gasteiger partial charge in [-0.05, 0) is 18.2 Å². The second kappa shape index (κ2) is 5.75. The van der Waals surface area contributed by atoms with Crippen LogP contribution < -0.4 is 15.2 Å². The van der Waals surface area contributed by atoms with E-state index in [1.807, 2.05) is 23.6 Å². The van der Waals surface area contributed by atoms with Crippen LogP contribution in [0.25, 0.3) is 11.3 Å². The number of ether oxygens (including phenoxy) is 2. The minimum atomic E-state index is 0. The fourth-order valence-corrected chi connectivity index (χ4v) is 1.99. The summed E-state index contributed by atoms with van der Waals surface area (Å²) in [4.78, 5) is 4.21. The second-order valence-corrected chi connectivity index (χ2v) is 4.03. The van der Waals surface area contributed by atoms with E-state index in [1.165, 1.54) is 11.3 Å². The zero-order valence-corrected chi connectivity index (χ0v) is 11.1. The molecular weight excluding hydrogens is 260 g/mol. The Bertz CT molecular complexity index is 502. The van der Waals surface area contributed by atoms with Crippen LogP contribution in [0.15, 0.2) is 23.6 Å². The molecule has 0 saturated heterocycles. The smallest absolute Gasteiger partial charge is 0.180 e. The third-order valence-corrected chi connectivity index (χ3v) is 2.88. The number of hydrogen-bond acceptors (Lipinski definition) is 5. The normalized spacial score (nSPS) is 9.53. The maximum atomic E-state index is 5.59. The maximum Gasteiger partial charge on any atom is 0.180 e. The second-order valence-electron chi connectivity index (χ2n) is 3.14. The Morgan fingerprint density at radius 3 is 2.41 bits per heavy atom. The molecule has 0 aliphatic carbocycles. The topological polar surface area (TPSA) is 57.4 Å². The molecule has 1 heterocycles. The van der Waals surface area contributed by atoms with Gasteiger partial charge < -0.3 is 15.2 Å². The van der Waals surface area contributed by atoms with Gasteiger partial charge in [-0.15, -0.1) is 23.7 Å². The van der Waals surface area contributed by atoms with Crippen molar-refractivity contribution in [3.8, 4) is 22.8 Å². The summed E-state index contributed by atoms with van der Waals surface area (Å²) >= 11 is 1.42. The summed E-state index contributed by atoms with van der Waals surface area (Å²) in [6.45, 7) is 0. The van der Waals surface area contributed by atoms with E-state index in [9.17, 15) is 0 Å². The first-order chi connectivity index (χ1) is 7.74. The Kier molecular flexibility index (Phi) is 4.60. The molecule has 2 rings (SSSR count). The van der Waals surface area contributed by atoms with Crippen LogP contribution in [-0.2, 0) is 0 Å². The zero-order valence-electron chi connectivity index (χ0n) is 9.47. The average molecular weight is 273 g/mol. The molecule has 1 aromatic carbocycles. The van der Waals surface area contributed by atoms with E-state index in [2.05, 4.69) is 4.98 Å². The molecule has 0 spiro atoms. The Morgan fingerprint density at radius 1 is 1.18 bits per heavy atom. The molecule has 0 aliphatic heterocycles. The predicted octanol–water partition coefficient (Wildman–Crippen LogP) is 2.83. The Morgan fingerprint density at radius 2 is 1.88 bits per heavy atom. The number of rotatable bonds is 3. The van der Waals surface area contributed by atoms with Crippen LogP contribution in [0.5, 0.6) is 11.5 Å². The van der Waals surface area contributed by atoms with Gasteiger partial charge in [0, 0.05) is 10.9 Å². The molecule has 0 fully saturated rings. The SMILES string of the molecule is COc1ccc(-c2csc(N)n2)cc1OC.Cl. The van der Waals surface area contributed by atoms with E-state index in [1.54, 1.807) is 14.2 Å². The molecule has 1 aromatic heterocycles. The first kappa shape index (κ1) is 13.6.